The zero-order valence-corrected chi connectivity index (χ0v) is 11.6. The molecule has 19 heavy (non-hydrogen) atoms. The van der Waals surface area contributed by atoms with Crippen molar-refractivity contribution in [3.05, 3.63) is 23.2 Å². The summed E-state index contributed by atoms with van der Waals surface area (Å²) in [6.07, 6.45) is 3.81. The first kappa shape index (κ1) is 13.9. The maximum atomic E-state index is 11.9. The first-order chi connectivity index (χ1) is 9.04. The van der Waals surface area contributed by atoms with E-state index in [1.165, 1.54) is 0 Å². The molecule has 1 heterocycles. The minimum Gasteiger partial charge on any atom is -0.466 e. The molecule has 1 aromatic rings. The topological polar surface area (TPSA) is 74.5 Å². The fourth-order valence-electron chi connectivity index (χ4n) is 2.69. The Kier molecular flexibility index (Phi) is 4.14. The monoisotopic (exact) mass is 266 g/mol. The molecule has 0 aromatic carbocycles. The Morgan fingerprint density at radius 3 is 2.63 bits per heavy atom. The standard InChI is InChI=1S/C14H22N2O3/c1-10-7-12(11(2)19-10)8-15-13(18)16-14(9-17)5-3-4-6-14/h7,17H,3-6,8-9H2,1-2H3,(H2,15,16,18). The highest BCUT2D eigenvalue weighted by Crippen LogP contribution is 2.28. The summed E-state index contributed by atoms with van der Waals surface area (Å²) >= 11 is 0. The third kappa shape index (κ3) is 3.29. The molecule has 2 amide bonds. The SMILES string of the molecule is Cc1cc(CNC(=O)NC2(CO)CCCC2)c(C)o1. The quantitative estimate of drug-likeness (QED) is 0.780. The van der Waals surface area contributed by atoms with Gasteiger partial charge < -0.3 is 20.2 Å². The van der Waals surface area contributed by atoms with E-state index in [9.17, 15) is 9.90 Å². The van der Waals surface area contributed by atoms with Crippen molar-refractivity contribution in [2.24, 2.45) is 0 Å². The zero-order chi connectivity index (χ0) is 13.9. The molecule has 1 aliphatic carbocycles. The van der Waals surface area contributed by atoms with Crippen LogP contribution in [0.3, 0.4) is 0 Å². The van der Waals surface area contributed by atoms with Gasteiger partial charge in [0.25, 0.3) is 0 Å². The number of furan rings is 1. The molecule has 0 unspecified atom stereocenters. The van der Waals surface area contributed by atoms with Gasteiger partial charge in [-0.25, -0.2) is 4.79 Å². The second kappa shape index (κ2) is 5.65. The molecule has 2 rings (SSSR count). The van der Waals surface area contributed by atoms with Crippen molar-refractivity contribution in [1.29, 1.82) is 0 Å². The van der Waals surface area contributed by atoms with Gasteiger partial charge in [-0.2, -0.15) is 0 Å². The van der Waals surface area contributed by atoms with Gasteiger partial charge in [-0.1, -0.05) is 12.8 Å². The number of carbonyl (C=O) groups excluding carboxylic acids is 1. The van der Waals surface area contributed by atoms with Gasteiger partial charge in [-0.3, -0.25) is 0 Å². The average molecular weight is 266 g/mol. The van der Waals surface area contributed by atoms with Gasteiger partial charge in [-0.05, 0) is 32.8 Å². The number of nitrogens with one attached hydrogen (secondary N) is 2. The van der Waals surface area contributed by atoms with E-state index in [1.807, 2.05) is 19.9 Å². The summed E-state index contributed by atoms with van der Waals surface area (Å²) in [6.45, 7) is 4.21. The van der Waals surface area contributed by atoms with Crippen molar-refractivity contribution in [1.82, 2.24) is 10.6 Å². The molecule has 0 radical (unpaired) electrons. The van der Waals surface area contributed by atoms with Crippen LogP contribution in [-0.4, -0.2) is 23.3 Å². The fourth-order valence-corrected chi connectivity index (χ4v) is 2.69. The number of aliphatic hydroxyl groups is 1. The molecule has 0 bridgehead atoms. The normalized spacial score (nSPS) is 17.4. The van der Waals surface area contributed by atoms with Crippen LogP contribution in [0, 0.1) is 13.8 Å². The minimum atomic E-state index is -0.425. The molecule has 1 aliphatic rings. The molecule has 0 spiro atoms. The Morgan fingerprint density at radius 1 is 1.42 bits per heavy atom. The van der Waals surface area contributed by atoms with Crippen molar-refractivity contribution in [3.63, 3.8) is 0 Å². The molecule has 1 saturated carbocycles. The van der Waals surface area contributed by atoms with Crippen molar-refractivity contribution in [2.75, 3.05) is 6.61 Å². The summed E-state index contributed by atoms with van der Waals surface area (Å²) < 4.78 is 5.41. The third-order valence-electron chi connectivity index (χ3n) is 3.83. The maximum absolute atomic E-state index is 11.9. The summed E-state index contributed by atoms with van der Waals surface area (Å²) in [6, 6.07) is 1.70. The van der Waals surface area contributed by atoms with E-state index in [2.05, 4.69) is 10.6 Å². The van der Waals surface area contributed by atoms with Crippen LogP contribution >= 0.6 is 0 Å². The second-order valence-corrected chi connectivity index (χ2v) is 5.39. The lowest BCUT2D eigenvalue weighted by molar-refractivity contribution is 0.162. The van der Waals surface area contributed by atoms with Crippen molar-refractivity contribution >= 4 is 6.03 Å². The van der Waals surface area contributed by atoms with Crippen LogP contribution in [-0.2, 0) is 6.54 Å². The fraction of sp³-hybridized carbons (Fsp3) is 0.643. The lowest BCUT2D eigenvalue weighted by Gasteiger charge is -2.27. The van der Waals surface area contributed by atoms with Crippen LogP contribution < -0.4 is 10.6 Å². The number of aliphatic hydroxyl groups excluding tert-OH is 1. The minimum absolute atomic E-state index is 0.00423. The largest absolute Gasteiger partial charge is 0.466 e. The molecule has 0 atom stereocenters. The van der Waals surface area contributed by atoms with Crippen LogP contribution in [0.2, 0.25) is 0 Å². The number of aryl methyl sites for hydroxylation is 2. The van der Waals surface area contributed by atoms with Crippen LogP contribution in [0.4, 0.5) is 4.79 Å². The van der Waals surface area contributed by atoms with Gasteiger partial charge in [0.15, 0.2) is 0 Å². The molecule has 0 saturated heterocycles. The predicted octanol–water partition coefficient (Wildman–Crippen LogP) is 2.00. The molecule has 5 nitrogen and oxygen atoms in total. The predicted molar refractivity (Wildman–Crippen MR) is 71.8 cm³/mol. The first-order valence-electron chi connectivity index (χ1n) is 6.77. The highest BCUT2D eigenvalue weighted by atomic mass is 16.3. The number of amides is 2. The Bertz CT molecular complexity index is 448. The van der Waals surface area contributed by atoms with Crippen LogP contribution in [0.25, 0.3) is 0 Å². The second-order valence-electron chi connectivity index (χ2n) is 5.39. The molecule has 1 fully saturated rings. The summed E-state index contributed by atoms with van der Waals surface area (Å²) in [5.74, 6) is 1.67. The molecular weight excluding hydrogens is 244 g/mol. The number of carbonyl (C=O) groups is 1. The molecule has 0 aliphatic heterocycles. The van der Waals surface area contributed by atoms with Gasteiger partial charge in [0.05, 0.1) is 12.1 Å². The van der Waals surface area contributed by atoms with Crippen molar-refractivity contribution in [3.8, 4) is 0 Å². The Balaban J connectivity index is 1.86. The van der Waals surface area contributed by atoms with E-state index in [-0.39, 0.29) is 12.6 Å². The summed E-state index contributed by atoms with van der Waals surface area (Å²) in [7, 11) is 0. The lowest BCUT2D eigenvalue weighted by Crippen LogP contribution is -2.52. The number of hydrogen-bond donors (Lipinski definition) is 3. The first-order valence-corrected chi connectivity index (χ1v) is 6.77. The van der Waals surface area contributed by atoms with Gasteiger partial charge in [-0.15, -0.1) is 0 Å². The summed E-state index contributed by atoms with van der Waals surface area (Å²) in [5.41, 5.74) is 0.558. The Labute approximate surface area is 113 Å². The number of hydrogen-bond acceptors (Lipinski definition) is 3. The van der Waals surface area contributed by atoms with E-state index >= 15 is 0 Å². The lowest BCUT2D eigenvalue weighted by atomic mass is 9.99. The molecule has 1 aromatic heterocycles. The molecule has 106 valence electrons. The maximum Gasteiger partial charge on any atom is 0.315 e. The van der Waals surface area contributed by atoms with Crippen LogP contribution in [0.15, 0.2) is 10.5 Å². The van der Waals surface area contributed by atoms with E-state index in [1.54, 1.807) is 0 Å². The smallest absolute Gasteiger partial charge is 0.315 e. The zero-order valence-electron chi connectivity index (χ0n) is 11.6. The van der Waals surface area contributed by atoms with Gasteiger partial charge in [0.1, 0.15) is 11.5 Å². The Hall–Kier alpha value is -1.49. The van der Waals surface area contributed by atoms with Crippen LogP contribution in [0.1, 0.15) is 42.8 Å². The van der Waals surface area contributed by atoms with E-state index in [0.717, 1.165) is 42.8 Å². The third-order valence-corrected chi connectivity index (χ3v) is 3.83. The molecular formula is C14H22N2O3. The van der Waals surface area contributed by atoms with Crippen molar-refractivity contribution < 1.29 is 14.3 Å². The number of urea groups is 1. The molecule has 5 heteroatoms. The van der Waals surface area contributed by atoms with E-state index in [4.69, 9.17) is 4.42 Å². The Morgan fingerprint density at radius 2 is 2.11 bits per heavy atom. The van der Waals surface area contributed by atoms with Gasteiger partial charge in [0, 0.05) is 12.1 Å². The van der Waals surface area contributed by atoms with Crippen molar-refractivity contribution in [2.45, 2.75) is 51.6 Å². The summed E-state index contributed by atoms with van der Waals surface area (Å²) in [5, 5.41) is 15.2. The molecule has 3 N–H and O–H groups in total. The van der Waals surface area contributed by atoms with Gasteiger partial charge in [0.2, 0.25) is 0 Å². The summed E-state index contributed by atoms with van der Waals surface area (Å²) in [4.78, 5) is 11.9. The van der Waals surface area contributed by atoms with Gasteiger partial charge >= 0.3 is 6.03 Å². The van der Waals surface area contributed by atoms with Crippen LogP contribution in [0.5, 0.6) is 0 Å². The van der Waals surface area contributed by atoms with E-state index in [0.29, 0.717) is 6.54 Å². The highest BCUT2D eigenvalue weighted by molar-refractivity contribution is 5.74. The highest BCUT2D eigenvalue weighted by Gasteiger charge is 2.34. The number of rotatable bonds is 4. The van der Waals surface area contributed by atoms with E-state index < -0.39 is 5.54 Å². The average Bonchev–Trinajstić information content (AvgIpc) is 2.94.